The highest BCUT2D eigenvalue weighted by molar-refractivity contribution is 5.85. The molecule has 2 rings (SSSR count). The Bertz CT molecular complexity index is 255. The Kier molecular flexibility index (Phi) is 3.56. The lowest BCUT2D eigenvalue weighted by atomic mass is 9.90. The van der Waals surface area contributed by atoms with Gasteiger partial charge in [-0.3, -0.25) is 4.79 Å². The van der Waals surface area contributed by atoms with Crippen molar-refractivity contribution in [1.29, 1.82) is 0 Å². The highest BCUT2D eigenvalue weighted by Crippen LogP contribution is 2.43. The van der Waals surface area contributed by atoms with Gasteiger partial charge in [-0.1, -0.05) is 12.2 Å². The molecule has 2 aliphatic rings. The average molecular weight is 218 g/mol. The van der Waals surface area contributed by atoms with Crippen molar-refractivity contribution in [3.05, 3.63) is 12.2 Å². The number of halogens is 1. The first-order chi connectivity index (χ1) is 6.24. The SMILES string of the molecule is CCOC(=O)C1C2C=CC(C2)C1N.Cl. The number of hydrogen-bond donors (Lipinski definition) is 1. The van der Waals surface area contributed by atoms with Gasteiger partial charge >= 0.3 is 5.97 Å². The smallest absolute Gasteiger partial charge is 0.311 e. The number of carbonyl (C=O) groups is 1. The van der Waals surface area contributed by atoms with Crippen LogP contribution in [-0.2, 0) is 9.53 Å². The number of allylic oxidation sites excluding steroid dienone is 1. The van der Waals surface area contributed by atoms with E-state index in [1.165, 1.54) is 0 Å². The monoisotopic (exact) mass is 217 g/mol. The van der Waals surface area contributed by atoms with Gasteiger partial charge in [0.05, 0.1) is 12.5 Å². The van der Waals surface area contributed by atoms with E-state index in [-0.39, 0.29) is 30.3 Å². The normalized spacial score (nSPS) is 38.1. The summed E-state index contributed by atoms with van der Waals surface area (Å²) in [4.78, 5) is 11.5. The zero-order valence-electron chi connectivity index (χ0n) is 8.18. The third-order valence-corrected chi connectivity index (χ3v) is 3.08. The summed E-state index contributed by atoms with van der Waals surface area (Å²) in [5.74, 6) is 0.528. The van der Waals surface area contributed by atoms with E-state index >= 15 is 0 Å². The van der Waals surface area contributed by atoms with Gasteiger partial charge in [0.1, 0.15) is 0 Å². The summed E-state index contributed by atoms with van der Waals surface area (Å²) in [5, 5.41) is 0. The molecule has 0 saturated heterocycles. The number of carbonyl (C=O) groups excluding carboxylic acids is 1. The minimum atomic E-state index is -0.119. The van der Waals surface area contributed by atoms with E-state index in [0.717, 1.165) is 6.42 Å². The highest BCUT2D eigenvalue weighted by atomic mass is 35.5. The molecule has 14 heavy (non-hydrogen) atoms. The van der Waals surface area contributed by atoms with Crippen molar-refractivity contribution in [2.75, 3.05) is 6.61 Å². The zero-order chi connectivity index (χ0) is 9.42. The molecule has 0 spiro atoms. The first kappa shape index (κ1) is 11.5. The number of rotatable bonds is 2. The molecule has 2 aliphatic carbocycles. The number of ether oxygens (including phenoxy) is 1. The van der Waals surface area contributed by atoms with Crippen molar-refractivity contribution in [3.63, 3.8) is 0 Å². The molecule has 0 aromatic rings. The molecule has 80 valence electrons. The Hall–Kier alpha value is -0.540. The molecule has 2 N–H and O–H groups in total. The molecular weight excluding hydrogens is 202 g/mol. The Morgan fingerprint density at radius 3 is 2.64 bits per heavy atom. The van der Waals surface area contributed by atoms with Gasteiger partial charge in [0, 0.05) is 6.04 Å². The van der Waals surface area contributed by atoms with Gasteiger partial charge in [0.25, 0.3) is 0 Å². The Labute approximate surface area is 90.1 Å². The molecule has 0 aromatic carbocycles. The molecule has 0 aromatic heterocycles. The summed E-state index contributed by atoms with van der Waals surface area (Å²) in [6.07, 6.45) is 5.27. The molecule has 3 nitrogen and oxygen atoms in total. The average Bonchev–Trinajstić information content (AvgIpc) is 2.63. The lowest BCUT2D eigenvalue weighted by Crippen LogP contribution is -2.39. The maximum Gasteiger partial charge on any atom is 0.311 e. The van der Waals surface area contributed by atoms with Gasteiger partial charge in [0.15, 0.2) is 0 Å². The van der Waals surface area contributed by atoms with Crippen LogP contribution >= 0.6 is 12.4 Å². The molecule has 0 heterocycles. The van der Waals surface area contributed by atoms with Gasteiger partial charge in [0.2, 0.25) is 0 Å². The van der Waals surface area contributed by atoms with Crippen molar-refractivity contribution < 1.29 is 9.53 Å². The van der Waals surface area contributed by atoms with Crippen LogP contribution in [0.4, 0.5) is 0 Å². The maximum absolute atomic E-state index is 11.5. The lowest BCUT2D eigenvalue weighted by molar-refractivity contribution is -0.149. The first-order valence-electron chi connectivity index (χ1n) is 4.84. The lowest BCUT2D eigenvalue weighted by Gasteiger charge is -2.22. The van der Waals surface area contributed by atoms with Crippen LogP contribution in [0.2, 0.25) is 0 Å². The van der Waals surface area contributed by atoms with Gasteiger partial charge < -0.3 is 10.5 Å². The molecule has 0 amide bonds. The Morgan fingerprint density at radius 1 is 1.50 bits per heavy atom. The van der Waals surface area contributed by atoms with E-state index in [2.05, 4.69) is 12.2 Å². The molecule has 1 fully saturated rings. The summed E-state index contributed by atoms with van der Waals surface area (Å²) in [6.45, 7) is 2.27. The van der Waals surface area contributed by atoms with Crippen LogP contribution in [0.3, 0.4) is 0 Å². The van der Waals surface area contributed by atoms with E-state index in [1.54, 1.807) is 0 Å². The van der Waals surface area contributed by atoms with Crippen LogP contribution in [0.1, 0.15) is 13.3 Å². The third kappa shape index (κ3) is 1.66. The fourth-order valence-electron chi connectivity index (χ4n) is 2.43. The van der Waals surface area contributed by atoms with Crippen molar-refractivity contribution >= 4 is 18.4 Å². The van der Waals surface area contributed by atoms with Gasteiger partial charge in [-0.25, -0.2) is 0 Å². The summed E-state index contributed by atoms with van der Waals surface area (Å²) < 4.78 is 5.00. The van der Waals surface area contributed by atoms with Crippen LogP contribution in [0, 0.1) is 17.8 Å². The number of hydrogen-bond acceptors (Lipinski definition) is 3. The minimum Gasteiger partial charge on any atom is -0.466 e. The predicted molar refractivity (Wildman–Crippen MR) is 56.1 cm³/mol. The fraction of sp³-hybridized carbons (Fsp3) is 0.700. The van der Waals surface area contributed by atoms with Crippen molar-refractivity contribution in [2.45, 2.75) is 19.4 Å². The second-order valence-corrected chi connectivity index (χ2v) is 3.80. The third-order valence-electron chi connectivity index (χ3n) is 3.08. The van der Waals surface area contributed by atoms with Crippen LogP contribution in [0.25, 0.3) is 0 Å². The number of nitrogens with two attached hydrogens (primary N) is 1. The maximum atomic E-state index is 11.5. The standard InChI is InChI=1S/C10H15NO2.ClH/c1-2-13-10(12)8-6-3-4-7(5-6)9(8)11;/h3-4,6-9H,2,5,11H2,1H3;1H. The highest BCUT2D eigenvalue weighted by Gasteiger charge is 2.46. The molecule has 0 radical (unpaired) electrons. The zero-order valence-corrected chi connectivity index (χ0v) is 9.00. The van der Waals surface area contributed by atoms with Crippen LogP contribution < -0.4 is 5.73 Å². The summed E-state index contributed by atoms with van der Waals surface area (Å²) in [6, 6.07) is -0.0194. The van der Waals surface area contributed by atoms with Crippen molar-refractivity contribution in [2.24, 2.45) is 23.5 Å². The molecule has 4 heteroatoms. The second kappa shape index (κ2) is 4.32. The minimum absolute atomic E-state index is 0. The van der Waals surface area contributed by atoms with Crippen LogP contribution in [0.5, 0.6) is 0 Å². The van der Waals surface area contributed by atoms with E-state index in [4.69, 9.17) is 10.5 Å². The van der Waals surface area contributed by atoms with E-state index < -0.39 is 0 Å². The summed E-state index contributed by atoms with van der Waals surface area (Å²) >= 11 is 0. The molecule has 4 unspecified atom stereocenters. The van der Waals surface area contributed by atoms with Gasteiger partial charge in [-0.05, 0) is 25.2 Å². The predicted octanol–water partition coefficient (Wildman–Crippen LogP) is 1.12. The largest absolute Gasteiger partial charge is 0.466 e. The molecule has 0 aliphatic heterocycles. The summed E-state index contributed by atoms with van der Waals surface area (Å²) in [7, 11) is 0. The Balaban J connectivity index is 0.000000980. The second-order valence-electron chi connectivity index (χ2n) is 3.80. The first-order valence-corrected chi connectivity index (χ1v) is 4.84. The quantitative estimate of drug-likeness (QED) is 0.557. The molecular formula is C10H16ClNO2. The van der Waals surface area contributed by atoms with Crippen molar-refractivity contribution in [3.8, 4) is 0 Å². The molecule has 2 bridgehead atoms. The summed E-state index contributed by atoms with van der Waals surface area (Å²) in [5.41, 5.74) is 5.94. The number of esters is 1. The van der Waals surface area contributed by atoms with Gasteiger partial charge in [-0.15, -0.1) is 12.4 Å². The van der Waals surface area contributed by atoms with Crippen LogP contribution in [0.15, 0.2) is 12.2 Å². The van der Waals surface area contributed by atoms with Crippen LogP contribution in [-0.4, -0.2) is 18.6 Å². The Morgan fingerprint density at radius 2 is 2.14 bits per heavy atom. The topological polar surface area (TPSA) is 52.3 Å². The molecule has 4 atom stereocenters. The van der Waals surface area contributed by atoms with E-state index in [1.807, 2.05) is 6.92 Å². The van der Waals surface area contributed by atoms with Crippen molar-refractivity contribution in [1.82, 2.24) is 0 Å². The molecule has 1 saturated carbocycles. The van der Waals surface area contributed by atoms with E-state index in [9.17, 15) is 4.79 Å². The van der Waals surface area contributed by atoms with E-state index in [0.29, 0.717) is 18.4 Å². The number of fused-ring (bicyclic) bond motifs is 2. The van der Waals surface area contributed by atoms with Gasteiger partial charge in [-0.2, -0.15) is 0 Å². The fourth-order valence-corrected chi connectivity index (χ4v) is 2.43.